The lowest BCUT2D eigenvalue weighted by atomic mass is 10.1. The molecule has 2 aliphatic heterocycles. The van der Waals surface area contributed by atoms with E-state index in [1.165, 1.54) is 18.2 Å². The molecule has 0 aliphatic carbocycles. The number of rotatable bonds is 3. The molecule has 0 radical (unpaired) electrons. The molecule has 1 fully saturated rings. The molecule has 33 heavy (non-hydrogen) atoms. The molecule has 2 aromatic rings. The molecule has 2 aromatic carbocycles. The number of carbonyl (C=O) groups is 1. The third-order valence-electron chi connectivity index (χ3n) is 5.18. The van der Waals surface area contributed by atoms with Crippen LogP contribution in [0.2, 0.25) is 0 Å². The van der Waals surface area contributed by atoms with Gasteiger partial charge in [-0.3, -0.25) is 14.9 Å². The number of amides is 1. The van der Waals surface area contributed by atoms with Gasteiger partial charge < -0.3 is 14.9 Å². The molecular weight excluding hydrogens is 461 g/mol. The van der Waals surface area contributed by atoms with E-state index >= 15 is 0 Å². The van der Waals surface area contributed by atoms with Crippen LogP contribution in [-0.2, 0) is 11.0 Å². The molecule has 1 saturated heterocycles. The summed E-state index contributed by atoms with van der Waals surface area (Å²) in [4.78, 5) is 30.5. The Bertz CT molecular complexity index is 1170. The lowest BCUT2D eigenvalue weighted by molar-refractivity contribution is -0.398. The van der Waals surface area contributed by atoms with Crippen molar-refractivity contribution in [2.75, 3.05) is 31.1 Å². The van der Waals surface area contributed by atoms with Gasteiger partial charge in [0.15, 0.2) is 5.17 Å². The number of aliphatic imine (C=N–C) groups is 1. The molecule has 0 bridgehead atoms. The van der Waals surface area contributed by atoms with Crippen molar-refractivity contribution in [1.82, 2.24) is 4.90 Å². The number of amidine groups is 1. The van der Waals surface area contributed by atoms with E-state index < -0.39 is 34.0 Å². The SMILES string of the molecule is O=C1N=C(N2CCN(c3cccc(C(F)(F)F)c3)CC2)S/C1=C\c1ccc([O-])c([N+](=O)[O-])c1. The highest BCUT2D eigenvalue weighted by Crippen LogP contribution is 2.34. The highest BCUT2D eigenvalue weighted by Gasteiger charge is 2.32. The molecule has 8 nitrogen and oxygen atoms in total. The summed E-state index contributed by atoms with van der Waals surface area (Å²) in [5.74, 6) is -1.22. The molecule has 1 amide bonds. The van der Waals surface area contributed by atoms with Crippen LogP contribution in [0.5, 0.6) is 5.75 Å². The molecule has 0 N–H and O–H groups in total. The average Bonchev–Trinajstić information content (AvgIpc) is 3.14. The van der Waals surface area contributed by atoms with E-state index in [2.05, 4.69) is 4.99 Å². The predicted molar refractivity (Wildman–Crippen MR) is 116 cm³/mol. The Labute approximate surface area is 190 Å². The number of carbonyl (C=O) groups excluding carboxylic acids is 1. The molecule has 0 saturated carbocycles. The monoisotopic (exact) mass is 477 g/mol. The number of piperazine rings is 1. The van der Waals surface area contributed by atoms with Gasteiger partial charge in [-0.15, -0.1) is 0 Å². The Hall–Kier alpha value is -3.54. The van der Waals surface area contributed by atoms with Crippen LogP contribution in [0.15, 0.2) is 52.4 Å². The zero-order chi connectivity index (χ0) is 23.8. The Morgan fingerprint density at radius 3 is 2.42 bits per heavy atom. The van der Waals surface area contributed by atoms with Crippen LogP contribution in [0.3, 0.4) is 0 Å². The average molecular weight is 477 g/mol. The van der Waals surface area contributed by atoms with Gasteiger partial charge in [-0.05, 0) is 47.3 Å². The molecule has 0 unspecified atom stereocenters. The number of hydrogen-bond acceptors (Lipinski definition) is 7. The summed E-state index contributed by atoms with van der Waals surface area (Å²) in [6, 6.07) is 8.72. The van der Waals surface area contributed by atoms with Crippen molar-refractivity contribution in [3.8, 4) is 5.75 Å². The highest BCUT2D eigenvalue weighted by molar-refractivity contribution is 8.18. The minimum Gasteiger partial charge on any atom is -0.868 e. The highest BCUT2D eigenvalue weighted by atomic mass is 32.2. The van der Waals surface area contributed by atoms with E-state index in [1.54, 1.807) is 6.07 Å². The second-order valence-corrected chi connectivity index (χ2v) is 8.33. The number of nitro benzene ring substituents is 1. The van der Waals surface area contributed by atoms with Crippen molar-refractivity contribution >= 4 is 40.3 Å². The van der Waals surface area contributed by atoms with Gasteiger partial charge in [-0.1, -0.05) is 18.2 Å². The maximum Gasteiger partial charge on any atom is 0.416 e. The second-order valence-electron chi connectivity index (χ2n) is 7.32. The van der Waals surface area contributed by atoms with E-state index in [1.807, 2.05) is 9.80 Å². The van der Waals surface area contributed by atoms with Crippen molar-refractivity contribution in [2.24, 2.45) is 4.99 Å². The summed E-state index contributed by atoms with van der Waals surface area (Å²) >= 11 is 1.11. The number of hydrogen-bond donors (Lipinski definition) is 0. The fourth-order valence-electron chi connectivity index (χ4n) is 3.49. The van der Waals surface area contributed by atoms with Crippen molar-refractivity contribution < 1.29 is 28.0 Å². The van der Waals surface area contributed by atoms with Crippen LogP contribution >= 0.6 is 11.8 Å². The molecule has 0 spiro atoms. The van der Waals surface area contributed by atoms with Gasteiger partial charge in [0, 0.05) is 37.9 Å². The Morgan fingerprint density at radius 2 is 1.76 bits per heavy atom. The fourth-order valence-corrected chi connectivity index (χ4v) is 4.45. The van der Waals surface area contributed by atoms with Gasteiger partial charge in [0.05, 0.1) is 15.4 Å². The van der Waals surface area contributed by atoms with Gasteiger partial charge in [0.2, 0.25) is 0 Å². The Balaban J connectivity index is 1.42. The zero-order valence-electron chi connectivity index (χ0n) is 16.9. The first-order chi connectivity index (χ1) is 15.6. The van der Waals surface area contributed by atoms with Crippen molar-refractivity contribution in [1.29, 1.82) is 0 Å². The number of halogens is 3. The number of nitrogens with zero attached hydrogens (tertiary/aromatic N) is 4. The topological polar surface area (TPSA) is 102 Å². The molecule has 0 atom stereocenters. The van der Waals surface area contributed by atoms with Gasteiger partial charge in [0.25, 0.3) is 11.6 Å². The molecule has 2 aliphatic rings. The lowest BCUT2D eigenvalue weighted by Gasteiger charge is -2.36. The van der Waals surface area contributed by atoms with Crippen LogP contribution in [0.25, 0.3) is 6.08 Å². The number of benzene rings is 2. The van der Waals surface area contributed by atoms with Crippen LogP contribution in [-0.4, -0.2) is 47.1 Å². The largest absolute Gasteiger partial charge is 0.868 e. The van der Waals surface area contributed by atoms with Crippen LogP contribution in [0, 0.1) is 10.1 Å². The van der Waals surface area contributed by atoms with Gasteiger partial charge >= 0.3 is 6.18 Å². The summed E-state index contributed by atoms with van der Waals surface area (Å²) in [6.07, 6.45) is -2.97. The maximum atomic E-state index is 13.0. The normalized spacial score (nSPS) is 18.1. The summed E-state index contributed by atoms with van der Waals surface area (Å²) in [5, 5.41) is 23.0. The van der Waals surface area contributed by atoms with Crippen LogP contribution in [0.1, 0.15) is 11.1 Å². The van der Waals surface area contributed by atoms with Gasteiger partial charge in [-0.25, -0.2) is 0 Å². The minimum atomic E-state index is -4.41. The minimum absolute atomic E-state index is 0.262. The quantitative estimate of drug-likeness (QED) is 0.379. The molecule has 0 aromatic heterocycles. The third kappa shape index (κ3) is 4.95. The smallest absolute Gasteiger partial charge is 0.416 e. The summed E-state index contributed by atoms with van der Waals surface area (Å²) in [5.41, 5.74) is -0.469. The third-order valence-corrected chi connectivity index (χ3v) is 6.22. The first-order valence-electron chi connectivity index (χ1n) is 9.77. The van der Waals surface area contributed by atoms with E-state index in [4.69, 9.17) is 0 Å². The fraction of sp³-hybridized carbons (Fsp3) is 0.238. The number of anilines is 1. The van der Waals surface area contributed by atoms with E-state index in [9.17, 15) is 33.2 Å². The molecular formula is C21H16F3N4O4S-. The van der Waals surface area contributed by atoms with Crippen molar-refractivity contribution in [3.63, 3.8) is 0 Å². The zero-order valence-corrected chi connectivity index (χ0v) is 17.7. The van der Waals surface area contributed by atoms with Crippen LogP contribution < -0.4 is 10.0 Å². The van der Waals surface area contributed by atoms with E-state index in [-0.39, 0.29) is 4.91 Å². The second kappa shape index (κ2) is 8.77. The number of thioether (sulfide) groups is 1. The number of alkyl halides is 3. The number of nitro groups is 1. The van der Waals surface area contributed by atoms with E-state index in [0.717, 1.165) is 36.0 Å². The van der Waals surface area contributed by atoms with E-state index in [0.29, 0.717) is 42.6 Å². The molecule has 4 rings (SSSR count). The first-order valence-corrected chi connectivity index (χ1v) is 10.6. The summed E-state index contributed by atoms with van der Waals surface area (Å²) < 4.78 is 38.9. The molecule has 172 valence electrons. The summed E-state index contributed by atoms with van der Waals surface area (Å²) in [7, 11) is 0. The predicted octanol–water partition coefficient (Wildman–Crippen LogP) is 3.48. The molecule has 2 heterocycles. The van der Waals surface area contributed by atoms with Gasteiger partial charge in [0.1, 0.15) is 0 Å². The maximum absolute atomic E-state index is 13.0. The standard InChI is InChI=1S/C21H17F3N4O4S/c22-21(23,24)14-2-1-3-15(12-14)26-6-8-27(9-7-26)20-25-19(30)18(33-20)11-13-4-5-17(29)16(10-13)28(31)32/h1-5,10-12,29H,6-9H2/p-1/b18-11-. The van der Waals surface area contributed by atoms with Crippen LogP contribution in [0.4, 0.5) is 24.5 Å². The van der Waals surface area contributed by atoms with Gasteiger partial charge in [-0.2, -0.15) is 18.2 Å². The summed E-state index contributed by atoms with van der Waals surface area (Å²) in [6.45, 7) is 1.81. The van der Waals surface area contributed by atoms with Crippen molar-refractivity contribution in [3.05, 3.63) is 68.6 Å². The Kier molecular flexibility index (Phi) is 6.02. The first kappa shape index (κ1) is 22.6. The Morgan fingerprint density at radius 1 is 1.06 bits per heavy atom. The van der Waals surface area contributed by atoms with Crippen molar-refractivity contribution in [2.45, 2.75) is 6.18 Å². The lowest BCUT2D eigenvalue weighted by Crippen LogP contribution is -2.47. The molecule has 12 heteroatoms.